The Morgan fingerprint density at radius 3 is 1.53 bits per heavy atom. The SMILES string of the molecule is CC(C)[Si](c1ncccn1)(c1c(OC(=O)C(C)(C)C)cc(Br)cc1OC(=O)C(C)(C)C)C(C)C. The van der Waals surface area contributed by atoms with Gasteiger partial charge in [-0.3, -0.25) is 9.59 Å². The zero-order chi connectivity index (χ0) is 26.1. The highest BCUT2D eigenvalue weighted by molar-refractivity contribution is 9.10. The van der Waals surface area contributed by atoms with Crippen LogP contribution >= 0.6 is 15.9 Å². The van der Waals surface area contributed by atoms with Crippen molar-refractivity contribution < 1.29 is 19.1 Å². The molecule has 0 bridgehead atoms. The normalized spacial score (nSPS) is 12.7. The minimum absolute atomic E-state index is 0.107. The van der Waals surface area contributed by atoms with Crippen LogP contribution in [0.1, 0.15) is 69.2 Å². The summed E-state index contributed by atoms with van der Waals surface area (Å²) in [5.74, 6) is 0.0220. The summed E-state index contributed by atoms with van der Waals surface area (Å²) in [5.41, 5.74) is -0.510. The lowest BCUT2D eigenvalue weighted by atomic mass is 9.97. The predicted octanol–water partition coefficient (Wildman–Crippen LogP) is 5.53. The molecule has 0 atom stereocenters. The first-order chi connectivity index (χ1) is 15.5. The third-order valence-corrected chi connectivity index (χ3v) is 12.3. The van der Waals surface area contributed by atoms with Crippen LogP contribution in [-0.4, -0.2) is 30.0 Å². The molecule has 1 aromatic heterocycles. The fraction of sp³-hybridized carbons (Fsp3) is 0.538. The van der Waals surface area contributed by atoms with E-state index in [1.807, 2.05) is 41.5 Å². The largest absolute Gasteiger partial charge is 0.426 e. The summed E-state index contributed by atoms with van der Waals surface area (Å²) in [7, 11) is -2.86. The van der Waals surface area contributed by atoms with Crippen LogP contribution in [0.3, 0.4) is 0 Å². The van der Waals surface area contributed by atoms with Crippen LogP contribution in [0.25, 0.3) is 0 Å². The number of hydrogen-bond donors (Lipinski definition) is 0. The fourth-order valence-electron chi connectivity index (χ4n) is 4.02. The van der Waals surface area contributed by atoms with Crippen molar-refractivity contribution in [3.63, 3.8) is 0 Å². The monoisotopic (exact) mass is 548 g/mol. The second kappa shape index (κ2) is 10.3. The van der Waals surface area contributed by atoms with Gasteiger partial charge in [0.1, 0.15) is 16.9 Å². The molecule has 1 heterocycles. The quantitative estimate of drug-likeness (QED) is 0.268. The third kappa shape index (κ3) is 5.77. The third-order valence-electron chi connectivity index (χ3n) is 5.83. The summed E-state index contributed by atoms with van der Waals surface area (Å²) in [5, 5.41) is 0.724. The van der Waals surface area contributed by atoms with Gasteiger partial charge in [0.2, 0.25) is 0 Å². The number of ether oxygens (including phenoxy) is 2. The van der Waals surface area contributed by atoms with E-state index in [9.17, 15) is 9.59 Å². The van der Waals surface area contributed by atoms with Gasteiger partial charge < -0.3 is 9.47 Å². The Kier molecular flexibility index (Phi) is 8.52. The van der Waals surface area contributed by atoms with Gasteiger partial charge in [0.25, 0.3) is 0 Å². The van der Waals surface area contributed by atoms with Crippen LogP contribution < -0.4 is 20.1 Å². The van der Waals surface area contributed by atoms with Crippen LogP contribution in [0.4, 0.5) is 0 Å². The molecule has 0 saturated carbocycles. The molecule has 0 N–H and O–H groups in total. The maximum Gasteiger partial charge on any atom is 0.316 e. The van der Waals surface area contributed by atoms with E-state index in [1.54, 1.807) is 30.6 Å². The van der Waals surface area contributed by atoms with Crippen molar-refractivity contribution in [2.75, 3.05) is 0 Å². The molecule has 2 aromatic rings. The molecular formula is C26H37BrN2O4Si. The van der Waals surface area contributed by atoms with Crippen molar-refractivity contribution >= 4 is 46.6 Å². The number of esters is 2. The number of aromatic nitrogens is 2. The summed E-state index contributed by atoms with van der Waals surface area (Å²) in [4.78, 5) is 35.4. The minimum Gasteiger partial charge on any atom is -0.426 e. The highest BCUT2D eigenvalue weighted by atomic mass is 79.9. The summed E-state index contributed by atoms with van der Waals surface area (Å²) in [6, 6.07) is 5.34. The molecular weight excluding hydrogens is 512 g/mol. The van der Waals surface area contributed by atoms with Crippen molar-refractivity contribution in [3.05, 3.63) is 35.1 Å². The molecule has 8 heteroatoms. The van der Waals surface area contributed by atoms with Gasteiger partial charge in [0.05, 0.1) is 10.8 Å². The maximum absolute atomic E-state index is 13.0. The minimum atomic E-state index is -2.86. The first kappa shape index (κ1) is 28.2. The number of benzene rings is 1. The molecule has 1 aromatic carbocycles. The number of nitrogens with zero attached hydrogens (tertiary/aromatic N) is 2. The molecule has 0 radical (unpaired) electrons. The van der Waals surface area contributed by atoms with E-state index in [1.165, 1.54) is 0 Å². The summed E-state index contributed by atoms with van der Waals surface area (Å²) < 4.78 is 12.7. The van der Waals surface area contributed by atoms with E-state index in [0.717, 1.165) is 5.19 Å². The van der Waals surface area contributed by atoms with Crippen molar-refractivity contribution in [3.8, 4) is 11.5 Å². The Morgan fingerprint density at radius 1 is 0.824 bits per heavy atom. The Labute approximate surface area is 213 Å². The van der Waals surface area contributed by atoms with E-state index in [2.05, 4.69) is 53.6 Å². The van der Waals surface area contributed by atoms with Gasteiger partial charge in [-0.05, 0) is 70.8 Å². The molecule has 34 heavy (non-hydrogen) atoms. The summed E-state index contributed by atoms with van der Waals surface area (Å²) in [6.07, 6.45) is 3.46. The number of carbonyl (C=O) groups excluding carboxylic acids is 2. The van der Waals surface area contributed by atoms with Gasteiger partial charge >= 0.3 is 11.9 Å². The Balaban J connectivity index is 2.99. The summed E-state index contributed by atoms with van der Waals surface area (Å²) >= 11 is 3.53. The van der Waals surface area contributed by atoms with E-state index >= 15 is 0 Å². The van der Waals surface area contributed by atoms with Crippen molar-refractivity contribution in [1.82, 2.24) is 9.97 Å². The highest BCUT2D eigenvalue weighted by Gasteiger charge is 2.51. The number of carbonyl (C=O) groups is 2. The topological polar surface area (TPSA) is 78.4 Å². The lowest BCUT2D eigenvalue weighted by Gasteiger charge is -2.39. The van der Waals surface area contributed by atoms with Gasteiger partial charge in [-0.1, -0.05) is 43.6 Å². The second-order valence-electron chi connectivity index (χ2n) is 11.3. The van der Waals surface area contributed by atoms with Gasteiger partial charge in [0, 0.05) is 22.1 Å². The number of hydrogen-bond acceptors (Lipinski definition) is 6. The van der Waals surface area contributed by atoms with Crippen LogP contribution in [0.15, 0.2) is 35.1 Å². The standard InChI is InChI=1S/C26H37BrN2O4Si/c1-16(2)34(17(3)4,24-28-12-11-13-29-24)21-19(32-22(30)25(5,6)7)14-18(27)15-20(21)33-23(31)26(8,9)10/h11-17H,1-10H3. The van der Waals surface area contributed by atoms with Crippen LogP contribution in [0.5, 0.6) is 11.5 Å². The molecule has 0 unspecified atom stereocenters. The molecule has 6 nitrogen and oxygen atoms in total. The van der Waals surface area contributed by atoms with E-state index in [-0.39, 0.29) is 23.0 Å². The van der Waals surface area contributed by atoms with Crippen LogP contribution in [0.2, 0.25) is 11.1 Å². The molecule has 186 valence electrons. The van der Waals surface area contributed by atoms with Gasteiger partial charge in [-0.2, -0.15) is 0 Å². The molecule has 0 amide bonds. The lowest BCUT2D eigenvalue weighted by molar-refractivity contribution is -0.143. The zero-order valence-corrected chi connectivity index (χ0v) is 24.5. The molecule has 0 spiro atoms. The van der Waals surface area contributed by atoms with Gasteiger partial charge in [-0.15, -0.1) is 0 Å². The zero-order valence-electron chi connectivity index (χ0n) is 21.9. The molecule has 0 aliphatic carbocycles. The first-order valence-corrected chi connectivity index (χ1v) is 14.5. The average Bonchev–Trinajstić information content (AvgIpc) is 2.69. The second-order valence-corrected chi connectivity index (χ2v) is 17.2. The van der Waals surface area contributed by atoms with Crippen molar-refractivity contribution in [2.45, 2.75) is 80.3 Å². The number of halogens is 1. The molecule has 2 rings (SSSR count). The molecule has 0 aliphatic rings. The van der Waals surface area contributed by atoms with Crippen molar-refractivity contribution in [2.24, 2.45) is 10.8 Å². The van der Waals surface area contributed by atoms with Crippen LogP contribution in [0, 0.1) is 10.8 Å². The van der Waals surface area contributed by atoms with E-state index in [0.29, 0.717) is 21.4 Å². The Morgan fingerprint density at radius 2 is 1.21 bits per heavy atom. The van der Waals surface area contributed by atoms with E-state index in [4.69, 9.17) is 9.47 Å². The molecule has 0 saturated heterocycles. The van der Waals surface area contributed by atoms with Crippen LogP contribution in [-0.2, 0) is 9.59 Å². The average molecular weight is 550 g/mol. The number of rotatable bonds is 6. The Bertz CT molecular complexity index is 984. The fourth-order valence-corrected chi connectivity index (χ4v) is 9.82. The van der Waals surface area contributed by atoms with Gasteiger partial charge in [-0.25, -0.2) is 9.97 Å². The predicted molar refractivity (Wildman–Crippen MR) is 142 cm³/mol. The molecule has 0 fully saturated rings. The lowest BCUT2D eigenvalue weighted by Crippen LogP contribution is -2.65. The smallest absolute Gasteiger partial charge is 0.316 e. The van der Waals surface area contributed by atoms with E-state index < -0.39 is 18.9 Å². The van der Waals surface area contributed by atoms with Gasteiger partial charge in [0.15, 0.2) is 8.07 Å². The first-order valence-electron chi connectivity index (χ1n) is 11.6. The Hall–Kier alpha value is -2.06. The summed E-state index contributed by atoms with van der Waals surface area (Å²) in [6.45, 7) is 19.4. The van der Waals surface area contributed by atoms with Crippen molar-refractivity contribution in [1.29, 1.82) is 0 Å². The molecule has 0 aliphatic heterocycles. The maximum atomic E-state index is 13.0. The highest BCUT2D eigenvalue weighted by Crippen LogP contribution is 2.39.